The molecule has 0 aromatic rings. The molecule has 19 heavy (non-hydrogen) atoms. The lowest BCUT2D eigenvalue weighted by Crippen LogP contribution is -2.53. The van der Waals surface area contributed by atoms with E-state index in [1.807, 2.05) is 11.8 Å². The molecule has 3 fully saturated rings. The zero-order valence-corrected chi connectivity index (χ0v) is 12.8. The molecule has 3 nitrogen and oxygen atoms in total. The van der Waals surface area contributed by atoms with Gasteiger partial charge >= 0.3 is 6.03 Å². The Balaban J connectivity index is 1.58. The van der Waals surface area contributed by atoms with Crippen LogP contribution in [0.2, 0.25) is 0 Å². The van der Waals surface area contributed by atoms with Crippen LogP contribution < -0.4 is 5.32 Å². The van der Waals surface area contributed by atoms with Crippen molar-refractivity contribution in [1.29, 1.82) is 0 Å². The maximum Gasteiger partial charge on any atom is 0.318 e. The van der Waals surface area contributed by atoms with Gasteiger partial charge in [0.1, 0.15) is 0 Å². The number of hydrogen-bond donors (Lipinski definition) is 1. The van der Waals surface area contributed by atoms with Gasteiger partial charge in [0.2, 0.25) is 0 Å². The quantitative estimate of drug-likeness (QED) is 0.842. The lowest BCUT2D eigenvalue weighted by Gasteiger charge is -2.39. The van der Waals surface area contributed by atoms with E-state index in [-0.39, 0.29) is 6.03 Å². The minimum Gasteiger partial charge on any atom is -0.335 e. The van der Waals surface area contributed by atoms with Crippen molar-refractivity contribution in [3.05, 3.63) is 0 Å². The fraction of sp³-hybridized carbons (Fsp3) is 0.933. The highest BCUT2D eigenvalue weighted by atomic mass is 32.2. The van der Waals surface area contributed by atoms with E-state index in [1.54, 1.807) is 0 Å². The van der Waals surface area contributed by atoms with E-state index in [0.29, 0.717) is 18.1 Å². The molecule has 3 rings (SSSR count). The molecule has 2 heterocycles. The third-order valence-corrected chi connectivity index (χ3v) is 6.24. The van der Waals surface area contributed by atoms with Gasteiger partial charge in [-0.15, -0.1) is 0 Å². The fourth-order valence-corrected chi connectivity index (χ4v) is 4.98. The van der Waals surface area contributed by atoms with Gasteiger partial charge in [-0.2, -0.15) is 11.8 Å². The molecule has 1 aliphatic carbocycles. The molecule has 2 aliphatic heterocycles. The van der Waals surface area contributed by atoms with Gasteiger partial charge in [-0.1, -0.05) is 19.3 Å². The monoisotopic (exact) mass is 282 g/mol. The molecule has 2 amide bonds. The van der Waals surface area contributed by atoms with E-state index in [4.69, 9.17) is 0 Å². The van der Waals surface area contributed by atoms with E-state index >= 15 is 0 Å². The van der Waals surface area contributed by atoms with Gasteiger partial charge in [-0.25, -0.2) is 4.79 Å². The predicted octanol–water partition coefficient (Wildman–Crippen LogP) is 3.39. The zero-order chi connectivity index (χ0) is 13.2. The summed E-state index contributed by atoms with van der Waals surface area (Å²) >= 11 is 1.98. The molecular weight excluding hydrogens is 256 g/mol. The largest absolute Gasteiger partial charge is 0.335 e. The summed E-state index contributed by atoms with van der Waals surface area (Å²) in [5.41, 5.74) is 0. The number of amides is 2. The molecule has 2 atom stereocenters. The van der Waals surface area contributed by atoms with Crippen molar-refractivity contribution < 1.29 is 4.79 Å². The molecule has 2 saturated heterocycles. The van der Waals surface area contributed by atoms with Crippen molar-refractivity contribution in [2.75, 3.05) is 6.26 Å². The Bertz CT molecular complexity index is 316. The maximum absolute atomic E-state index is 12.5. The number of nitrogens with zero attached hydrogens (tertiary/aromatic N) is 1. The molecule has 2 unspecified atom stereocenters. The van der Waals surface area contributed by atoms with E-state index in [1.165, 1.54) is 57.8 Å². The molecule has 0 radical (unpaired) electrons. The van der Waals surface area contributed by atoms with E-state index in [2.05, 4.69) is 16.5 Å². The Kier molecular flexibility index (Phi) is 4.25. The van der Waals surface area contributed by atoms with Crippen LogP contribution in [0.3, 0.4) is 0 Å². The van der Waals surface area contributed by atoms with Gasteiger partial charge in [-0.05, 0) is 44.8 Å². The lowest BCUT2D eigenvalue weighted by molar-refractivity contribution is 0.143. The van der Waals surface area contributed by atoms with Crippen molar-refractivity contribution in [2.45, 2.75) is 81.2 Å². The molecule has 1 saturated carbocycles. The third kappa shape index (κ3) is 2.88. The molecule has 0 aromatic carbocycles. The zero-order valence-electron chi connectivity index (χ0n) is 11.9. The molecular formula is C15H26N2OS. The van der Waals surface area contributed by atoms with Gasteiger partial charge in [0.05, 0.1) is 0 Å². The Morgan fingerprint density at radius 1 is 1.05 bits per heavy atom. The van der Waals surface area contributed by atoms with Crippen LogP contribution in [0.15, 0.2) is 0 Å². The van der Waals surface area contributed by atoms with Gasteiger partial charge < -0.3 is 10.2 Å². The average molecular weight is 282 g/mol. The second-order valence-electron chi connectivity index (χ2n) is 6.41. The number of carbonyl (C=O) groups is 1. The Morgan fingerprint density at radius 2 is 1.68 bits per heavy atom. The van der Waals surface area contributed by atoms with E-state index in [0.717, 1.165) is 5.25 Å². The summed E-state index contributed by atoms with van der Waals surface area (Å²) in [6.07, 6.45) is 13.3. The van der Waals surface area contributed by atoms with Crippen molar-refractivity contribution in [3.63, 3.8) is 0 Å². The van der Waals surface area contributed by atoms with Crippen LogP contribution in [0, 0.1) is 0 Å². The number of urea groups is 1. The van der Waals surface area contributed by atoms with Crippen molar-refractivity contribution in [3.8, 4) is 0 Å². The first kappa shape index (κ1) is 13.6. The van der Waals surface area contributed by atoms with Crippen LogP contribution in [-0.4, -0.2) is 40.6 Å². The number of thioether (sulfide) groups is 1. The van der Waals surface area contributed by atoms with Crippen LogP contribution in [0.5, 0.6) is 0 Å². The lowest BCUT2D eigenvalue weighted by atomic mass is 9.95. The van der Waals surface area contributed by atoms with Crippen molar-refractivity contribution in [2.24, 2.45) is 0 Å². The summed E-state index contributed by atoms with van der Waals surface area (Å²) in [5.74, 6) is 0. The first-order valence-corrected chi connectivity index (χ1v) is 9.18. The van der Waals surface area contributed by atoms with E-state index < -0.39 is 0 Å². The van der Waals surface area contributed by atoms with Crippen LogP contribution in [-0.2, 0) is 0 Å². The molecule has 108 valence electrons. The van der Waals surface area contributed by atoms with Crippen molar-refractivity contribution in [1.82, 2.24) is 10.2 Å². The van der Waals surface area contributed by atoms with Gasteiger partial charge in [0, 0.05) is 23.4 Å². The first-order chi connectivity index (χ1) is 9.28. The molecule has 0 aromatic heterocycles. The third-order valence-electron chi connectivity index (χ3n) is 5.19. The number of piperidine rings is 1. The smallest absolute Gasteiger partial charge is 0.318 e. The second kappa shape index (κ2) is 5.94. The number of fused-ring (bicyclic) bond motifs is 2. The SMILES string of the molecule is CSC1CC2CCC(C1)N2C(=O)NC1CCCCC1. The van der Waals surface area contributed by atoms with Gasteiger partial charge in [-0.3, -0.25) is 0 Å². The molecule has 2 bridgehead atoms. The van der Waals surface area contributed by atoms with Crippen molar-refractivity contribution >= 4 is 17.8 Å². The topological polar surface area (TPSA) is 32.3 Å². The second-order valence-corrected chi connectivity index (χ2v) is 7.54. The summed E-state index contributed by atoms with van der Waals surface area (Å²) in [6, 6.07) is 1.71. The van der Waals surface area contributed by atoms with Crippen LogP contribution in [0.25, 0.3) is 0 Å². The number of hydrogen-bond acceptors (Lipinski definition) is 2. The summed E-state index contributed by atoms with van der Waals surface area (Å²) in [5, 5.41) is 4.08. The minimum atomic E-state index is 0.235. The molecule has 3 aliphatic rings. The number of nitrogens with one attached hydrogen (secondary N) is 1. The Morgan fingerprint density at radius 3 is 2.26 bits per heavy atom. The highest BCUT2D eigenvalue weighted by Gasteiger charge is 2.43. The van der Waals surface area contributed by atoms with Crippen LogP contribution in [0.4, 0.5) is 4.79 Å². The summed E-state index contributed by atoms with van der Waals surface area (Å²) < 4.78 is 0. The minimum absolute atomic E-state index is 0.235. The normalized spacial score (nSPS) is 35.4. The summed E-state index contributed by atoms with van der Waals surface area (Å²) in [4.78, 5) is 14.7. The predicted molar refractivity (Wildman–Crippen MR) is 80.6 cm³/mol. The highest BCUT2D eigenvalue weighted by molar-refractivity contribution is 7.99. The summed E-state index contributed by atoms with van der Waals surface area (Å²) in [6.45, 7) is 0. The number of carbonyl (C=O) groups excluding carboxylic acids is 1. The van der Waals surface area contributed by atoms with E-state index in [9.17, 15) is 4.79 Å². The van der Waals surface area contributed by atoms with Gasteiger partial charge in [0.25, 0.3) is 0 Å². The standard InChI is InChI=1S/C15H26N2OS/c1-19-14-9-12-7-8-13(10-14)17(12)15(18)16-11-5-3-2-4-6-11/h11-14H,2-10H2,1H3,(H,16,18). The van der Waals surface area contributed by atoms with Crippen LogP contribution in [0.1, 0.15) is 57.8 Å². The Hall–Kier alpha value is -0.380. The fourth-order valence-electron chi connectivity index (χ4n) is 4.15. The van der Waals surface area contributed by atoms with Crippen LogP contribution >= 0.6 is 11.8 Å². The maximum atomic E-state index is 12.5. The number of rotatable bonds is 2. The highest BCUT2D eigenvalue weighted by Crippen LogP contribution is 2.39. The Labute approximate surface area is 120 Å². The summed E-state index contributed by atoms with van der Waals surface area (Å²) in [7, 11) is 0. The first-order valence-electron chi connectivity index (χ1n) is 7.89. The molecule has 0 spiro atoms. The van der Waals surface area contributed by atoms with Gasteiger partial charge in [0.15, 0.2) is 0 Å². The average Bonchev–Trinajstić information content (AvgIpc) is 2.71. The molecule has 4 heteroatoms. The molecule has 1 N–H and O–H groups in total.